The highest BCUT2D eigenvalue weighted by molar-refractivity contribution is 7.17. The standard InChI is InChI=1S/C30H23N3O6S/c1-5-13-32-20-10-8-7-9-19(20)30(28(32)37)22-23(34)18-15-16(3)11-12-21(18)39-24(22)26(35)33(30)29-31-17(4)25(40-29)27(36)38-14-6-2/h5-12,15H,1-2,13-14H2,3-4H3. The lowest BCUT2D eigenvalue weighted by molar-refractivity contribution is -0.121. The number of benzene rings is 2. The maximum atomic E-state index is 14.6. The molecule has 2 amide bonds. The molecule has 200 valence electrons. The van der Waals surface area contributed by atoms with Crippen LogP contribution < -0.4 is 15.2 Å². The van der Waals surface area contributed by atoms with Crippen LogP contribution in [0.4, 0.5) is 10.8 Å². The maximum Gasteiger partial charge on any atom is 0.350 e. The van der Waals surface area contributed by atoms with Gasteiger partial charge < -0.3 is 14.1 Å². The number of hydrogen-bond donors (Lipinski definition) is 0. The predicted octanol–water partition coefficient (Wildman–Crippen LogP) is 4.65. The number of aryl methyl sites for hydroxylation is 2. The van der Waals surface area contributed by atoms with Crippen molar-refractivity contribution < 1.29 is 23.5 Å². The summed E-state index contributed by atoms with van der Waals surface area (Å²) < 4.78 is 11.3. The summed E-state index contributed by atoms with van der Waals surface area (Å²) in [4.78, 5) is 63.2. The molecule has 0 fully saturated rings. The zero-order valence-corrected chi connectivity index (χ0v) is 22.5. The van der Waals surface area contributed by atoms with Crippen LogP contribution in [0.5, 0.6) is 0 Å². The number of ether oxygens (including phenoxy) is 1. The fraction of sp³-hybridized carbons (Fsp3) is 0.167. The summed E-state index contributed by atoms with van der Waals surface area (Å²) in [5.41, 5.74) is -0.157. The second-order valence-corrected chi connectivity index (χ2v) is 10.5. The lowest BCUT2D eigenvalue weighted by Gasteiger charge is -2.32. The van der Waals surface area contributed by atoms with Gasteiger partial charge in [0.2, 0.25) is 5.76 Å². The Labute approximate surface area is 232 Å². The molecule has 10 heteroatoms. The number of aromatic nitrogens is 1. The third-order valence-corrected chi connectivity index (χ3v) is 8.21. The monoisotopic (exact) mass is 553 g/mol. The smallest absolute Gasteiger partial charge is 0.350 e. The van der Waals surface area contributed by atoms with E-state index in [2.05, 4.69) is 18.1 Å². The van der Waals surface area contributed by atoms with Crippen LogP contribution in [0.2, 0.25) is 0 Å². The van der Waals surface area contributed by atoms with E-state index in [1.807, 2.05) is 6.92 Å². The summed E-state index contributed by atoms with van der Waals surface area (Å²) in [5.74, 6) is -2.11. The Bertz CT molecular complexity index is 1850. The largest absolute Gasteiger partial charge is 0.457 e. The summed E-state index contributed by atoms with van der Waals surface area (Å²) >= 11 is 0.905. The zero-order valence-electron chi connectivity index (χ0n) is 21.7. The number of nitrogens with zero attached hydrogens (tertiary/aromatic N) is 3. The summed E-state index contributed by atoms with van der Waals surface area (Å²) in [5, 5.41) is 0.312. The minimum absolute atomic E-state index is 0.00364. The Balaban J connectivity index is 1.70. The highest BCUT2D eigenvalue weighted by atomic mass is 32.1. The van der Waals surface area contributed by atoms with Crippen molar-refractivity contribution in [3.05, 3.63) is 111 Å². The summed E-state index contributed by atoms with van der Waals surface area (Å²) in [6, 6.07) is 12.1. The molecule has 0 radical (unpaired) electrons. The van der Waals surface area contributed by atoms with Crippen molar-refractivity contribution in [1.29, 1.82) is 0 Å². The highest BCUT2D eigenvalue weighted by Gasteiger charge is 2.66. The van der Waals surface area contributed by atoms with E-state index >= 15 is 0 Å². The molecule has 0 saturated carbocycles. The van der Waals surface area contributed by atoms with E-state index < -0.39 is 28.8 Å². The summed E-state index contributed by atoms with van der Waals surface area (Å²) in [6.45, 7) is 10.9. The molecule has 0 bridgehead atoms. The Hall–Kier alpha value is -4.83. The van der Waals surface area contributed by atoms with Crippen molar-refractivity contribution in [1.82, 2.24) is 4.98 Å². The maximum absolute atomic E-state index is 14.6. The van der Waals surface area contributed by atoms with Crippen LogP contribution in [0.1, 0.15) is 42.6 Å². The number of hydrogen-bond acceptors (Lipinski definition) is 8. The number of rotatable bonds is 6. The quantitative estimate of drug-likeness (QED) is 0.253. The third kappa shape index (κ3) is 3.29. The van der Waals surface area contributed by atoms with Crippen LogP contribution in [-0.2, 0) is 15.1 Å². The van der Waals surface area contributed by atoms with Gasteiger partial charge in [-0.05, 0) is 32.0 Å². The molecule has 2 aromatic carbocycles. The van der Waals surface area contributed by atoms with Gasteiger partial charge in [0.15, 0.2) is 16.1 Å². The van der Waals surface area contributed by atoms with Gasteiger partial charge in [-0.1, -0.05) is 59.9 Å². The number of amides is 2. The molecule has 4 heterocycles. The van der Waals surface area contributed by atoms with Crippen LogP contribution in [0.25, 0.3) is 11.0 Å². The average Bonchev–Trinajstić information content (AvgIpc) is 3.53. The van der Waals surface area contributed by atoms with Crippen LogP contribution >= 0.6 is 11.3 Å². The van der Waals surface area contributed by atoms with E-state index in [-0.39, 0.29) is 45.5 Å². The van der Waals surface area contributed by atoms with E-state index in [9.17, 15) is 19.2 Å². The van der Waals surface area contributed by atoms with Crippen molar-refractivity contribution >= 4 is 50.9 Å². The number of para-hydroxylation sites is 1. The molecule has 2 aromatic heterocycles. The second-order valence-electron chi connectivity index (χ2n) is 9.51. The van der Waals surface area contributed by atoms with Crippen molar-refractivity contribution in [2.24, 2.45) is 0 Å². The molecule has 1 atom stereocenters. The van der Waals surface area contributed by atoms with E-state index in [1.54, 1.807) is 55.5 Å². The van der Waals surface area contributed by atoms with Gasteiger partial charge in [0.05, 0.1) is 22.3 Å². The van der Waals surface area contributed by atoms with E-state index in [4.69, 9.17) is 9.15 Å². The van der Waals surface area contributed by atoms with E-state index in [0.717, 1.165) is 16.9 Å². The van der Waals surface area contributed by atoms with Gasteiger partial charge in [-0.3, -0.25) is 19.3 Å². The van der Waals surface area contributed by atoms with Gasteiger partial charge in [0.25, 0.3) is 11.8 Å². The molecule has 2 aliphatic rings. The first-order valence-corrected chi connectivity index (χ1v) is 13.3. The van der Waals surface area contributed by atoms with Crippen molar-refractivity contribution in [3.8, 4) is 0 Å². The van der Waals surface area contributed by atoms with E-state index in [1.165, 1.54) is 15.9 Å². The molecule has 1 spiro atoms. The molecule has 0 aliphatic carbocycles. The summed E-state index contributed by atoms with van der Waals surface area (Å²) in [7, 11) is 0. The number of carbonyl (C=O) groups excluding carboxylic acids is 3. The number of fused-ring (bicyclic) bond motifs is 5. The minimum atomic E-state index is -1.91. The number of anilines is 2. The summed E-state index contributed by atoms with van der Waals surface area (Å²) in [6.07, 6.45) is 3.01. The van der Waals surface area contributed by atoms with Gasteiger partial charge >= 0.3 is 5.97 Å². The van der Waals surface area contributed by atoms with Gasteiger partial charge in [0.1, 0.15) is 17.1 Å². The fourth-order valence-corrected chi connectivity index (χ4v) is 6.47. The molecule has 9 nitrogen and oxygen atoms in total. The normalized spacial score (nSPS) is 17.4. The molecule has 4 aromatic rings. The topological polar surface area (TPSA) is 110 Å². The molecular formula is C30H23N3O6S. The molecule has 6 rings (SSSR count). The van der Waals surface area contributed by atoms with Crippen LogP contribution in [0.3, 0.4) is 0 Å². The van der Waals surface area contributed by atoms with Crippen LogP contribution in [0, 0.1) is 13.8 Å². The Kier molecular flexibility index (Phi) is 5.81. The SMILES string of the molecule is C=CCOC(=O)c1sc(N2C(=O)c3oc4ccc(C)cc4c(=O)c3C23C(=O)N(CC=C)c2ccccc23)nc1C. The van der Waals surface area contributed by atoms with E-state index in [0.29, 0.717) is 16.9 Å². The van der Waals surface area contributed by atoms with Crippen molar-refractivity contribution in [2.75, 3.05) is 23.0 Å². The lowest BCUT2D eigenvalue weighted by Crippen LogP contribution is -2.53. The number of esters is 1. The molecule has 0 saturated heterocycles. The van der Waals surface area contributed by atoms with Crippen molar-refractivity contribution in [2.45, 2.75) is 19.4 Å². The molecule has 40 heavy (non-hydrogen) atoms. The first-order valence-electron chi connectivity index (χ1n) is 12.5. The minimum Gasteiger partial charge on any atom is -0.457 e. The predicted molar refractivity (Wildman–Crippen MR) is 151 cm³/mol. The Morgan fingerprint density at radius 1 is 1.12 bits per heavy atom. The first kappa shape index (κ1) is 25.4. The Morgan fingerprint density at radius 2 is 1.90 bits per heavy atom. The van der Waals surface area contributed by atoms with Gasteiger partial charge in [-0.2, -0.15) is 0 Å². The average molecular weight is 554 g/mol. The zero-order chi connectivity index (χ0) is 28.3. The lowest BCUT2D eigenvalue weighted by atomic mass is 9.84. The molecule has 1 unspecified atom stereocenters. The third-order valence-electron chi connectivity index (χ3n) is 7.09. The van der Waals surface area contributed by atoms with Crippen molar-refractivity contribution in [3.63, 3.8) is 0 Å². The first-order chi connectivity index (χ1) is 19.2. The van der Waals surface area contributed by atoms with Crippen LogP contribution in [-0.4, -0.2) is 35.9 Å². The number of thiazole rings is 1. The number of carbonyl (C=O) groups is 3. The van der Waals surface area contributed by atoms with Gasteiger partial charge in [-0.15, -0.1) is 6.58 Å². The fourth-order valence-electron chi connectivity index (χ4n) is 5.45. The molecule has 0 N–H and O–H groups in total. The van der Waals surface area contributed by atoms with Gasteiger partial charge in [0, 0.05) is 12.1 Å². The highest BCUT2D eigenvalue weighted by Crippen LogP contribution is 2.54. The molecular weight excluding hydrogens is 530 g/mol. The second kappa shape index (κ2) is 9.13. The van der Waals surface area contributed by atoms with Gasteiger partial charge in [-0.25, -0.2) is 9.78 Å². The molecule has 2 aliphatic heterocycles. The van der Waals surface area contributed by atoms with Crippen LogP contribution in [0.15, 0.2) is 77.0 Å². The Morgan fingerprint density at radius 3 is 2.65 bits per heavy atom.